The molecule has 0 heterocycles. The molecule has 3 atom stereocenters. The van der Waals surface area contributed by atoms with E-state index in [1.165, 1.54) is 141 Å². The number of allylic oxidation sites excluding steroid dienone is 12. The van der Waals surface area contributed by atoms with Crippen LogP contribution < -0.4 is 5.32 Å². The van der Waals surface area contributed by atoms with Gasteiger partial charge in [-0.05, 0) is 103 Å². The summed E-state index contributed by atoms with van der Waals surface area (Å²) in [7, 11) is 0. The first-order valence-corrected chi connectivity index (χ1v) is 30.2. The fourth-order valence-corrected chi connectivity index (χ4v) is 8.92. The third-order valence-electron chi connectivity index (χ3n) is 13.5. The average Bonchev–Trinajstić information content (AvgIpc) is 3.35. The van der Waals surface area contributed by atoms with Crippen molar-refractivity contribution >= 4 is 11.9 Å². The van der Waals surface area contributed by atoms with Crippen LogP contribution in [-0.4, -0.2) is 46.9 Å². The number of aliphatic hydroxyl groups is 2. The summed E-state index contributed by atoms with van der Waals surface area (Å²) in [6, 6.07) is -0.718. The van der Waals surface area contributed by atoms with Crippen molar-refractivity contribution in [2.75, 3.05) is 6.61 Å². The molecule has 0 aliphatic carbocycles. The first-order valence-electron chi connectivity index (χ1n) is 30.2. The van der Waals surface area contributed by atoms with Crippen molar-refractivity contribution in [1.82, 2.24) is 5.32 Å². The minimum Gasteiger partial charge on any atom is -0.462 e. The van der Waals surface area contributed by atoms with E-state index in [0.717, 1.165) is 109 Å². The van der Waals surface area contributed by atoms with Gasteiger partial charge >= 0.3 is 5.97 Å². The third kappa shape index (κ3) is 51.6. The summed E-state index contributed by atoms with van der Waals surface area (Å²) in [5, 5.41) is 23.9. The zero-order valence-corrected chi connectivity index (χ0v) is 46.4. The summed E-state index contributed by atoms with van der Waals surface area (Å²) < 4.78 is 5.95. The van der Waals surface area contributed by atoms with E-state index in [-0.39, 0.29) is 24.9 Å². The third-order valence-corrected chi connectivity index (χ3v) is 13.5. The summed E-state index contributed by atoms with van der Waals surface area (Å²) >= 11 is 0. The Hall–Kier alpha value is -2.70. The molecule has 0 rings (SSSR count). The van der Waals surface area contributed by atoms with E-state index < -0.39 is 18.2 Å². The van der Waals surface area contributed by atoms with E-state index in [4.69, 9.17) is 4.74 Å². The number of hydrogen-bond acceptors (Lipinski definition) is 5. The molecule has 0 spiro atoms. The lowest BCUT2D eigenvalue weighted by atomic mass is 10.0. The van der Waals surface area contributed by atoms with Gasteiger partial charge < -0.3 is 20.3 Å². The Morgan fingerprint density at radius 3 is 1.13 bits per heavy atom. The van der Waals surface area contributed by atoms with E-state index in [0.29, 0.717) is 19.3 Å². The molecule has 3 N–H and O–H groups in total. The summed E-state index contributed by atoms with van der Waals surface area (Å²) in [5.74, 6) is -0.515. The second-order valence-electron chi connectivity index (χ2n) is 20.4. The van der Waals surface area contributed by atoms with Crippen LogP contribution in [0.2, 0.25) is 0 Å². The number of carbonyl (C=O) groups is 2. The molecule has 70 heavy (non-hydrogen) atoms. The summed E-state index contributed by atoms with van der Waals surface area (Å²) in [6.45, 7) is 6.45. The van der Waals surface area contributed by atoms with Crippen LogP contribution in [0.15, 0.2) is 72.9 Å². The molecule has 0 aromatic carbocycles. The van der Waals surface area contributed by atoms with E-state index in [2.05, 4.69) is 99.0 Å². The van der Waals surface area contributed by atoms with Crippen molar-refractivity contribution in [3.05, 3.63) is 72.9 Å². The number of carbonyl (C=O) groups excluding carboxylic acids is 2. The van der Waals surface area contributed by atoms with Crippen LogP contribution in [0.5, 0.6) is 0 Å². The lowest BCUT2D eigenvalue weighted by molar-refractivity contribution is -0.151. The molecule has 0 aromatic rings. The highest BCUT2D eigenvalue weighted by Gasteiger charge is 2.24. The van der Waals surface area contributed by atoms with Gasteiger partial charge in [0.15, 0.2) is 0 Å². The minimum absolute atomic E-state index is 0.0518. The predicted molar refractivity (Wildman–Crippen MR) is 305 cm³/mol. The van der Waals surface area contributed by atoms with E-state index in [9.17, 15) is 19.8 Å². The van der Waals surface area contributed by atoms with E-state index >= 15 is 0 Å². The van der Waals surface area contributed by atoms with Gasteiger partial charge in [-0.2, -0.15) is 0 Å². The summed E-state index contributed by atoms with van der Waals surface area (Å²) in [5.41, 5.74) is 0. The van der Waals surface area contributed by atoms with Gasteiger partial charge in [0, 0.05) is 6.42 Å². The molecule has 0 bridgehead atoms. The number of nitrogens with one attached hydrogen (secondary N) is 1. The van der Waals surface area contributed by atoms with Gasteiger partial charge in [-0.3, -0.25) is 9.59 Å². The van der Waals surface area contributed by atoms with Gasteiger partial charge in [0.05, 0.1) is 25.2 Å². The van der Waals surface area contributed by atoms with Gasteiger partial charge in [-0.1, -0.05) is 254 Å². The van der Waals surface area contributed by atoms with Crippen molar-refractivity contribution in [2.24, 2.45) is 0 Å². The van der Waals surface area contributed by atoms with Crippen LogP contribution in [0, 0.1) is 0 Å². The van der Waals surface area contributed by atoms with Crippen LogP contribution in [-0.2, 0) is 14.3 Å². The van der Waals surface area contributed by atoms with Crippen molar-refractivity contribution < 1.29 is 24.5 Å². The topological polar surface area (TPSA) is 95.9 Å². The number of amides is 1. The number of aliphatic hydroxyl groups excluding tert-OH is 2. The summed E-state index contributed by atoms with van der Waals surface area (Å²) in [4.78, 5) is 26.3. The Bertz CT molecular complexity index is 1280. The molecule has 3 unspecified atom stereocenters. The lowest BCUT2D eigenvalue weighted by Crippen LogP contribution is -2.46. The standard InChI is InChI=1S/C64H115NO5/c1-4-7-10-13-16-19-22-25-28-31-34-37-40-43-46-49-52-55-60(70-64(69)57-54-51-48-45-42-39-36-33-30-27-24-21-18-15-12-9-6-3)58-63(68)65-61(59-66)62(67)56-53-50-47-44-41-38-35-32-29-26-23-20-17-14-11-8-5-2/h16,18-19,21,25,27-28,30,34,36-37,39,60-62,66-67H,4-15,17,20,22-24,26,29,31-33,35,38,40-59H2,1-3H3,(H,65,68)/b19-16-,21-18-,28-25-,30-27-,37-34-,39-36-. The Balaban J connectivity index is 4.63. The number of unbranched alkanes of at least 4 members (excludes halogenated alkanes) is 30. The molecule has 1 amide bonds. The molecule has 0 saturated carbocycles. The van der Waals surface area contributed by atoms with Crippen molar-refractivity contribution in [3.63, 3.8) is 0 Å². The SMILES string of the molecule is CCCCC/C=C\C/C=C\C/C=C\CCCCCCC(=O)OC(CCCCCC/C=C\C/C=C\C/C=C\CCCCC)CC(=O)NC(CO)C(O)CCCCCCCCCCCCCCCCCCC. The van der Waals surface area contributed by atoms with Crippen LogP contribution in [0.3, 0.4) is 0 Å². The zero-order valence-electron chi connectivity index (χ0n) is 46.4. The van der Waals surface area contributed by atoms with Crippen molar-refractivity contribution in [3.8, 4) is 0 Å². The van der Waals surface area contributed by atoms with Gasteiger partial charge in [0.1, 0.15) is 6.10 Å². The van der Waals surface area contributed by atoms with E-state index in [1.807, 2.05) is 0 Å². The number of esters is 1. The molecule has 406 valence electrons. The average molecular weight is 979 g/mol. The number of ether oxygens (including phenoxy) is 1. The largest absolute Gasteiger partial charge is 0.462 e. The Morgan fingerprint density at radius 2 is 0.729 bits per heavy atom. The maximum atomic E-state index is 13.3. The van der Waals surface area contributed by atoms with Crippen LogP contribution >= 0.6 is 0 Å². The Kier molecular flexibility index (Phi) is 55.0. The van der Waals surface area contributed by atoms with Crippen molar-refractivity contribution in [2.45, 2.75) is 315 Å². The lowest BCUT2D eigenvalue weighted by Gasteiger charge is -2.24. The quantitative estimate of drug-likeness (QED) is 0.0321. The van der Waals surface area contributed by atoms with Gasteiger partial charge in [-0.25, -0.2) is 0 Å². The minimum atomic E-state index is -0.802. The molecule has 0 aliphatic rings. The fraction of sp³-hybridized carbons (Fsp3) is 0.781. The predicted octanol–water partition coefficient (Wildman–Crippen LogP) is 18.9. The molecular formula is C64H115NO5. The molecule has 0 radical (unpaired) electrons. The number of hydrogen-bond donors (Lipinski definition) is 3. The zero-order chi connectivity index (χ0) is 50.9. The Morgan fingerprint density at radius 1 is 0.414 bits per heavy atom. The molecule has 0 saturated heterocycles. The maximum Gasteiger partial charge on any atom is 0.306 e. The van der Waals surface area contributed by atoms with Gasteiger partial charge in [-0.15, -0.1) is 0 Å². The molecule has 0 fully saturated rings. The first kappa shape index (κ1) is 67.3. The highest BCUT2D eigenvalue weighted by Crippen LogP contribution is 2.18. The normalized spacial score (nSPS) is 13.6. The highest BCUT2D eigenvalue weighted by molar-refractivity contribution is 5.77. The molecule has 6 heteroatoms. The smallest absolute Gasteiger partial charge is 0.306 e. The molecule has 0 aromatic heterocycles. The summed E-state index contributed by atoms with van der Waals surface area (Å²) in [6.07, 6.45) is 73.9. The molecule has 0 aliphatic heterocycles. The Labute approximate surface area is 434 Å². The van der Waals surface area contributed by atoms with E-state index in [1.54, 1.807) is 0 Å². The maximum absolute atomic E-state index is 13.3. The second-order valence-corrected chi connectivity index (χ2v) is 20.4. The molecular weight excluding hydrogens is 863 g/mol. The highest BCUT2D eigenvalue weighted by atomic mass is 16.5. The second kappa shape index (κ2) is 57.2. The van der Waals surface area contributed by atoms with Crippen LogP contribution in [0.25, 0.3) is 0 Å². The molecule has 6 nitrogen and oxygen atoms in total. The van der Waals surface area contributed by atoms with Gasteiger partial charge in [0.25, 0.3) is 0 Å². The van der Waals surface area contributed by atoms with Crippen LogP contribution in [0.4, 0.5) is 0 Å². The monoisotopic (exact) mass is 978 g/mol. The van der Waals surface area contributed by atoms with Crippen LogP contribution in [0.1, 0.15) is 297 Å². The number of rotatable bonds is 54. The van der Waals surface area contributed by atoms with Crippen molar-refractivity contribution in [1.29, 1.82) is 0 Å². The first-order chi connectivity index (χ1) is 34.5. The van der Waals surface area contributed by atoms with Gasteiger partial charge in [0.2, 0.25) is 5.91 Å². The fourth-order valence-electron chi connectivity index (χ4n) is 8.92.